The fraction of sp³-hybridized carbons (Fsp3) is 0.264. The Labute approximate surface area is 350 Å². The van der Waals surface area contributed by atoms with Crippen molar-refractivity contribution in [2.24, 2.45) is 11.3 Å². The molecule has 0 aliphatic heterocycles. The van der Waals surface area contributed by atoms with Crippen molar-refractivity contribution in [3.63, 3.8) is 0 Å². The predicted octanol–water partition coefficient (Wildman–Crippen LogP) is 14.7. The van der Waals surface area contributed by atoms with Crippen molar-refractivity contribution in [2.45, 2.75) is 80.4 Å². The first-order valence-corrected chi connectivity index (χ1v) is 20.1. The molecule has 4 heterocycles. The summed E-state index contributed by atoms with van der Waals surface area (Å²) < 4.78 is 64.5. The van der Waals surface area contributed by atoms with Crippen LogP contribution in [0, 0.1) is 45.8 Å². The minimum absolute atomic E-state index is 0.0557. The number of aromatic nitrogens is 3. The lowest BCUT2D eigenvalue weighted by Crippen LogP contribution is -2.27. The zero-order valence-corrected chi connectivity index (χ0v) is 33.9. The summed E-state index contributed by atoms with van der Waals surface area (Å²) in [6.07, 6.45) is 7.03. The largest absolute Gasteiger partial charge is 0.457 e. The van der Waals surface area contributed by atoms with E-state index in [-0.39, 0.29) is 28.1 Å². The van der Waals surface area contributed by atoms with Crippen molar-refractivity contribution >= 4 is 22.1 Å². The Morgan fingerprint density at radius 3 is 2.22 bits per heavy atom. The van der Waals surface area contributed by atoms with Gasteiger partial charge in [0.15, 0.2) is 0 Å². The molecule has 0 bridgehead atoms. The molecule has 0 radical (unpaired) electrons. The van der Waals surface area contributed by atoms with Crippen LogP contribution in [0.15, 0.2) is 120 Å². The number of pyridine rings is 3. The topological polar surface area (TPSA) is 61.0 Å². The van der Waals surface area contributed by atoms with Crippen LogP contribution in [0.4, 0.5) is 0 Å². The lowest BCUT2D eigenvalue weighted by atomic mass is 9.65. The number of aryl methyl sites for hydroxylation is 4. The van der Waals surface area contributed by atoms with Crippen molar-refractivity contribution < 1.29 is 17.4 Å². The van der Waals surface area contributed by atoms with Gasteiger partial charge < -0.3 is 9.15 Å². The fourth-order valence-corrected chi connectivity index (χ4v) is 8.93. The third kappa shape index (κ3) is 7.08. The van der Waals surface area contributed by atoms with E-state index in [1.807, 2.05) is 99.0 Å². The lowest BCUT2D eigenvalue weighted by molar-refractivity contribution is 0.167. The predicted molar refractivity (Wildman–Crippen MR) is 239 cm³/mol. The van der Waals surface area contributed by atoms with Gasteiger partial charge in [-0.25, -0.2) is 4.98 Å². The van der Waals surface area contributed by atoms with Crippen LogP contribution in [0.2, 0.25) is 0 Å². The minimum atomic E-state index is -2.60. The summed E-state index contributed by atoms with van der Waals surface area (Å²) >= 11 is 0. The number of nitrogens with zero attached hydrogens (tertiary/aromatic N) is 3. The van der Waals surface area contributed by atoms with Gasteiger partial charge in [0, 0.05) is 48.2 Å². The Bertz CT molecular complexity index is 3060. The van der Waals surface area contributed by atoms with Gasteiger partial charge in [0.1, 0.15) is 17.1 Å². The van der Waals surface area contributed by atoms with E-state index in [0.717, 1.165) is 47.1 Å². The normalized spacial score (nSPS) is 18.5. The van der Waals surface area contributed by atoms with Crippen LogP contribution in [-0.2, 0) is 0 Å². The molecule has 1 fully saturated rings. The van der Waals surface area contributed by atoms with E-state index in [2.05, 4.69) is 38.7 Å². The van der Waals surface area contributed by atoms with Crippen LogP contribution in [0.3, 0.4) is 0 Å². The maximum Gasteiger partial charge on any atom is 0.227 e. The molecule has 4 aromatic heterocycles. The summed E-state index contributed by atoms with van der Waals surface area (Å²) in [6, 6.07) is 32.6. The molecule has 0 saturated heterocycles. The zero-order valence-electron chi connectivity index (χ0n) is 39.9. The number of hydrogen-bond donors (Lipinski definition) is 0. The van der Waals surface area contributed by atoms with E-state index in [0.29, 0.717) is 67.6 Å². The van der Waals surface area contributed by atoms with Crippen molar-refractivity contribution in [3.8, 4) is 56.3 Å². The monoisotopic (exact) mass is 767 g/mol. The van der Waals surface area contributed by atoms with Crippen LogP contribution >= 0.6 is 0 Å². The molecule has 0 amide bonds. The second kappa shape index (κ2) is 14.7. The maximum absolute atomic E-state index is 8.99. The highest BCUT2D eigenvalue weighted by atomic mass is 16.5. The number of ether oxygens (including phenoxy) is 1. The van der Waals surface area contributed by atoms with Crippen molar-refractivity contribution in [2.75, 3.05) is 0 Å². The molecular formula is C53H51N3O2. The third-order valence-corrected chi connectivity index (χ3v) is 12.2. The quantitative estimate of drug-likeness (QED) is 0.162. The standard InChI is InChI=1S/C53H51N3O2/c1-31-22-48(54-29-33(31)3)40-23-45(39-17-15-38(16-18-39)37-12-10-9-11-13-37)36(6)50(24-40)57-41-25-46-43-19-14-35(5)56-52(43)58-51(46)47(26-41)49-27-44(34(4)30-55-49)42-20-21-53(7,8)28-32(42)2/h9-19,22-27,29-30,32,42H,20-21,28H2,1-8H3/i5D3,6D3. The first-order chi connectivity index (χ1) is 30.3. The zero-order chi connectivity index (χ0) is 45.3. The molecule has 0 N–H and O–H groups in total. The van der Waals surface area contributed by atoms with Crippen LogP contribution in [0.5, 0.6) is 11.5 Å². The molecule has 1 aliphatic carbocycles. The molecule has 1 saturated carbocycles. The Balaban J connectivity index is 1.25. The van der Waals surface area contributed by atoms with Gasteiger partial charge in [-0.15, -0.1) is 0 Å². The molecule has 2 atom stereocenters. The lowest BCUT2D eigenvalue weighted by Gasteiger charge is -2.40. The summed E-state index contributed by atoms with van der Waals surface area (Å²) in [5.41, 5.74) is 11.2. The second-order valence-electron chi connectivity index (χ2n) is 17.0. The van der Waals surface area contributed by atoms with Crippen LogP contribution < -0.4 is 4.74 Å². The molecule has 58 heavy (non-hydrogen) atoms. The average molecular weight is 768 g/mol. The van der Waals surface area contributed by atoms with Crippen molar-refractivity contribution in [1.82, 2.24) is 15.0 Å². The molecule has 1 aliphatic rings. The van der Waals surface area contributed by atoms with E-state index in [9.17, 15) is 0 Å². The van der Waals surface area contributed by atoms with Gasteiger partial charge in [0.05, 0.1) is 11.4 Å². The first-order valence-electron chi connectivity index (χ1n) is 23.1. The SMILES string of the molecule is [2H]C([2H])([2H])c1ccc2c(n1)oc1c(-c3cc(C4CCC(C)(C)CC4C)c(C)cn3)cc(Oc3cc(-c4cc(C)c(C)cn4)cc(-c4ccc(-c5ccccc5)cc4)c3C([2H])([2H])[2H])cc12. The Morgan fingerprint density at radius 2 is 1.47 bits per heavy atom. The number of fused-ring (bicyclic) bond motifs is 3. The average Bonchev–Trinajstić information content (AvgIpc) is 3.62. The highest BCUT2D eigenvalue weighted by molar-refractivity contribution is 6.09. The van der Waals surface area contributed by atoms with Crippen LogP contribution in [0.25, 0.3) is 66.8 Å². The van der Waals surface area contributed by atoms with Gasteiger partial charge in [-0.05, 0) is 170 Å². The number of hydrogen-bond acceptors (Lipinski definition) is 5. The van der Waals surface area contributed by atoms with Gasteiger partial charge >= 0.3 is 0 Å². The van der Waals surface area contributed by atoms with Crippen molar-refractivity contribution in [3.05, 3.63) is 149 Å². The molecule has 8 aromatic rings. The first kappa shape index (κ1) is 31.0. The van der Waals surface area contributed by atoms with E-state index in [1.54, 1.807) is 18.2 Å². The summed E-state index contributed by atoms with van der Waals surface area (Å²) in [6.45, 7) is 8.13. The van der Waals surface area contributed by atoms with E-state index >= 15 is 0 Å². The summed E-state index contributed by atoms with van der Waals surface area (Å²) in [4.78, 5) is 14.2. The molecule has 5 heteroatoms. The molecular weight excluding hydrogens is 711 g/mol. The number of furan rings is 1. The summed E-state index contributed by atoms with van der Waals surface area (Å²) in [5.74, 6) is 1.30. The summed E-state index contributed by atoms with van der Waals surface area (Å²) in [7, 11) is 0. The highest BCUT2D eigenvalue weighted by Gasteiger charge is 2.34. The maximum atomic E-state index is 8.99. The molecule has 0 spiro atoms. The fourth-order valence-electron chi connectivity index (χ4n) is 8.93. The van der Waals surface area contributed by atoms with E-state index in [1.165, 1.54) is 11.6 Å². The van der Waals surface area contributed by atoms with Crippen LogP contribution in [-0.4, -0.2) is 15.0 Å². The molecule has 2 unspecified atom stereocenters. The number of benzene rings is 4. The van der Waals surface area contributed by atoms with E-state index < -0.39 is 13.7 Å². The second-order valence-corrected chi connectivity index (χ2v) is 17.0. The summed E-state index contributed by atoms with van der Waals surface area (Å²) in [5, 5.41) is 1.22. The van der Waals surface area contributed by atoms with Gasteiger partial charge in [0.25, 0.3) is 0 Å². The van der Waals surface area contributed by atoms with Gasteiger partial charge in [0.2, 0.25) is 5.71 Å². The molecule has 290 valence electrons. The van der Waals surface area contributed by atoms with Gasteiger partial charge in [-0.3, -0.25) is 9.97 Å². The Morgan fingerprint density at radius 1 is 0.707 bits per heavy atom. The van der Waals surface area contributed by atoms with Crippen molar-refractivity contribution in [1.29, 1.82) is 0 Å². The van der Waals surface area contributed by atoms with Crippen LogP contribution in [0.1, 0.15) is 87.7 Å². The Hall–Kier alpha value is -6.07. The molecule has 4 aromatic carbocycles. The smallest absolute Gasteiger partial charge is 0.227 e. The molecule has 5 nitrogen and oxygen atoms in total. The van der Waals surface area contributed by atoms with Gasteiger partial charge in [-0.2, -0.15) is 0 Å². The van der Waals surface area contributed by atoms with E-state index in [4.69, 9.17) is 27.3 Å². The Kier molecular flexibility index (Phi) is 7.86. The number of rotatable bonds is 7. The third-order valence-electron chi connectivity index (χ3n) is 12.2. The minimum Gasteiger partial charge on any atom is -0.457 e. The highest BCUT2D eigenvalue weighted by Crippen LogP contribution is 2.48. The molecule has 9 rings (SSSR count). The van der Waals surface area contributed by atoms with Gasteiger partial charge in [-0.1, -0.05) is 75.4 Å².